The lowest BCUT2D eigenvalue weighted by Crippen LogP contribution is -2.40. The minimum Gasteiger partial charge on any atom is -0.481 e. The van der Waals surface area contributed by atoms with Crippen LogP contribution in [-0.4, -0.2) is 58.2 Å². The monoisotopic (exact) mass is 437 g/mol. The number of carboxylic acids is 1. The summed E-state index contributed by atoms with van der Waals surface area (Å²) in [7, 11) is 0. The molecule has 160 valence electrons. The summed E-state index contributed by atoms with van der Waals surface area (Å²) in [6, 6.07) is 9.56. The fourth-order valence-corrected chi connectivity index (χ4v) is 4.56. The zero-order valence-electron chi connectivity index (χ0n) is 17.2. The molecule has 0 aliphatic carbocycles. The topological polar surface area (TPSA) is 92.6 Å². The van der Waals surface area contributed by atoms with Crippen LogP contribution in [0.4, 0.5) is 0 Å². The minimum atomic E-state index is -0.872. The van der Waals surface area contributed by atoms with Crippen molar-refractivity contribution in [2.24, 2.45) is 0 Å². The van der Waals surface area contributed by atoms with Crippen molar-refractivity contribution in [1.82, 2.24) is 14.9 Å². The first-order valence-electron chi connectivity index (χ1n) is 10.1. The van der Waals surface area contributed by atoms with Crippen LogP contribution in [0.15, 0.2) is 48.9 Å². The van der Waals surface area contributed by atoms with Gasteiger partial charge in [0.15, 0.2) is 0 Å². The Morgan fingerprint density at radius 2 is 1.97 bits per heavy atom. The van der Waals surface area contributed by atoms with Crippen LogP contribution in [0.3, 0.4) is 0 Å². The number of rotatable bonds is 6. The predicted octanol–water partition coefficient (Wildman–Crippen LogP) is 3.59. The number of carboxylic acid groups (broad SMARTS) is 1. The third kappa shape index (κ3) is 4.98. The standard InChI is InChI=1S/C23H23N3O4S/c1-15-12-25-22(31-15)20(11-21(27)28)17-4-2-3-16(9-17)18-10-19(14-24-13-18)23(29)26-5-7-30-8-6-26/h2-4,9-10,12-14,20H,5-8,11H2,1H3,(H,27,28). The second-order valence-electron chi connectivity index (χ2n) is 7.45. The first-order chi connectivity index (χ1) is 15.0. The normalized spacial score (nSPS) is 14.9. The van der Waals surface area contributed by atoms with E-state index >= 15 is 0 Å². The van der Waals surface area contributed by atoms with E-state index in [0.29, 0.717) is 31.9 Å². The van der Waals surface area contributed by atoms with E-state index in [4.69, 9.17) is 4.74 Å². The lowest BCUT2D eigenvalue weighted by molar-refractivity contribution is -0.137. The molecular formula is C23H23N3O4S. The SMILES string of the molecule is Cc1cnc(C(CC(=O)O)c2cccc(-c3cncc(C(=O)N4CCOCC4)c3)c2)s1. The van der Waals surface area contributed by atoms with Gasteiger partial charge < -0.3 is 14.7 Å². The molecule has 4 rings (SSSR count). The van der Waals surface area contributed by atoms with Crippen LogP contribution in [0.1, 0.15) is 38.1 Å². The lowest BCUT2D eigenvalue weighted by Gasteiger charge is -2.26. The molecule has 1 N–H and O–H groups in total. The molecular weight excluding hydrogens is 414 g/mol. The van der Waals surface area contributed by atoms with Crippen molar-refractivity contribution < 1.29 is 19.4 Å². The summed E-state index contributed by atoms with van der Waals surface area (Å²) >= 11 is 1.51. The maximum Gasteiger partial charge on any atom is 0.304 e. The van der Waals surface area contributed by atoms with Crippen LogP contribution in [0.2, 0.25) is 0 Å². The summed E-state index contributed by atoms with van der Waals surface area (Å²) in [4.78, 5) is 35.8. The molecule has 0 bridgehead atoms. The zero-order chi connectivity index (χ0) is 21.8. The first kappa shape index (κ1) is 21.1. The number of aliphatic carboxylic acids is 1. The highest BCUT2D eigenvalue weighted by Gasteiger charge is 2.22. The number of nitrogens with zero attached hydrogens (tertiary/aromatic N) is 3. The summed E-state index contributed by atoms with van der Waals surface area (Å²) < 4.78 is 5.32. The molecule has 1 fully saturated rings. The van der Waals surface area contributed by atoms with Gasteiger partial charge in [0.05, 0.1) is 25.2 Å². The Kier molecular flexibility index (Phi) is 6.39. The van der Waals surface area contributed by atoms with Crippen LogP contribution in [0, 0.1) is 6.92 Å². The van der Waals surface area contributed by atoms with E-state index in [1.54, 1.807) is 23.5 Å². The Hall–Kier alpha value is -3.10. The summed E-state index contributed by atoms with van der Waals surface area (Å²) in [6.45, 7) is 4.19. The Morgan fingerprint density at radius 3 is 2.68 bits per heavy atom. The number of aromatic nitrogens is 2. The third-order valence-electron chi connectivity index (χ3n) is 5.22. The molecule has 7 nitrogen and oxygen atoms in total. The molecule has 1 amide bonds. The molecule has 1 atom stereocenters. The zero-order valence-corrected chi connectivity index (χ0v) is 18.0. The van der Waals surface area contributed by atoms with Crippen molar-refractivity contribution in [3.05, 3.63) is 69.9 Å². The summed E-state index contributed by atoms with van der Waals surface area (Å²) in [5.74, 6) is -1.26. The average Bonchev–Trinajstić information content (AvgIpc) is 3.23. The number of ether oxygens (including phenoxy) is 1. The van der Waals surface area contributed by atoms with E-state index in [-0.39, 0.29) is 18.2 Å². The highest BCUT2D eigenvalue weighted by Crippen LogP contribution is 2.33. The smallest absolute Gasteiger partial charge is 0.304 e. The molecule has 0 radical (unpaired) electrons. The van der Waals surface area contributed by atoms with Gasteiger partial charge in [0, 0.05) is 48.0 Å². The van der Waals surface area contributed by atoms with Crippen LogP contribution >= 0.6 is 11.3 Å². The molecule has 0 saturated carbocycles. The number of thiazole rings is 1. The number of hydrogen-bond acceptors (Lipinski definition) is 6. The molecule has 1 aliphatic heterocycles. The van der Waals surface area contributed by atoms with Crippen molar-refractivity contribution in [3.8, 4) is 11.1 Å². The number of hydrogen-bond donors (Lipinski definition) is 1. The van der Waals surface area contributed by atoms with Crippen molar-refractivity contribution in [2.75, 3.05) is 26.3 Å². The predicted molar refractivity (Wildman–Crippen MR) is 117 cm³/mol. The molecule has 3 heterocycles. The first-order valence-corrected chi connectivity index (χ1v) is 10.9. The number of carbonyl (C=O) groups excluding carboxylic acids is 1. The van der Waals surface area contributed by atoms with Gasteiger partial charge in [-0.3, -0.25) is 14.6 Å². The number of aryl methyl sites for hydroxylation is 1. The number of morpholine rings is 1. The highest BCUT2D eigenvalue weighted by molar-refractivity contribution is 7.11. The molecule has 8 heteroatoms. The molecule has 1 saturated heterocycles. The summed E-state index contributed by atoms with van der Waals surface area (Å²) in [6.07, 6.45) is 5.03. The highest BCUT2D eigenvalue weighted by atomic mass is 32.1. The fourth-order valence-electron chi connectivity index (χ4n) is 3.65. The minimum absolute atomic E-state index is 0.0375. The Morgan fingerprint density at radius 1 is 1.16 bits per heavy atom. The van der Waals surface area contributed by atoms with E-state index in [2.05, 4.69) is 9.97 Å². The number of amides is 1. The second-order valence-corrected chi connectivity index (χ2v) is 8.72. The van der Waals surface area contributed by atoms with Gasteiger partial charge in [-0.2, -0.15) is 0 Å². The summed E-state index contributed by atoms with van der Waals surface area (Å²) in [5.41, 5.74) is 3.09. The van der Waals surface area contributed by atoms with Gasteiger partial charge in [-0.05, 0) is 24.1 Å². The largest absolute Gasteiger partial charge is 0.481 e. The van der Waals surface area contributed by atoms with Crippen LogP contribution in [0.25, 0.3) is 11.1 Å². The van der Waals surface area contributed by atoms with Crippen molar-refractivity contribution >= 4 is 23.2 Å². The van der Waals surface area contributed by atoms with E-state index in [0.717, 1.165) is 26.6 Å². The molecule has 31 heavy (non-hydrogen) atoms. The lowest BCUT2D eigenvalue weighted by atomic mass is 9.93. The van der Waals surface area contributed by atoms with Crippen LogP contribution < -0.4 is 0 Å². The number of benzene rings is 1. The van der Waals surface area contributed by atoms with Gasteiger partial charge >= 0.3 is 5.97 Å². The average molecular weight is 438 g/mol. The van der Waals surface area contributed by atoms with E-state index in [9.17, 15) is 14.7 Å². The van der Waals surface area contributed by atoms with Gasteiger partial charge in [0.1, 0.15) is 5.01 Å². The van der Waals surface area contributed by atoms with Gasteiger partial charge in [-0.25, -0.2) is 4.98 Å². The molecule has 0 spiro atoms. The molecule has 1 aliphatic rings. The third-order valence-corrected chi connectivity index (χ3v) is 6.25. The molecule has 1 unspecified atom stereocenters. The quantitative estimate of drug-likeness (QED) is 0.634. The summed E-state index contributed by atoms with van der Waals surface area (Å²) in [5, 5.41) is 10.2. The van der Waals surface area contributed by atoms with Crippen molar-refractivity contribution in [2.45, 2.75) is 19.3 Å². The number of pyridine rings is 1. The maximum absolute atomic E-state index is 12.8. The van der Waals surface area contributed by atoms with Crippen molar-refractivity contribution in [1.29, 1.82) is 0 Å². The Balaban J connectivity index is 1.64. The van der Waals surface area contributed by atoms with Gasteiger partial charge in [0.25, 0.3) is 5.91 Å². The fraction of sp³-hybridized carbons (Fsp3) is 0.304. The second kappa shape index (κ2) is 9.36. The molecule has 1 aromatic carbocycles. The van der Waals surface area contributed by atoms with E-state index in [1.807, 2.05) is 37.3 Å². The Bertz CT molecular complexity index is 1090. The molecule has 3 aromatic rings. The Labute approximate surface area is 184 Å². The van der Waals surface area contributed by atoms with E-state index < -0.39 is 5.97 Å². The molecule has 2 aromatic heterocycles. The maximum atomic E-state index is 12.8. The number of carbonyl (C=O) groups is 2. The van der Waals surface area contributed by atoms with Gasteiger partial charge in [0.2, 0.25) is 0 Å². The van der Waals surface area contributed by atoms with Crippen LogP contribution in [-0.2, 0) is 9.53 Å². The van der Waals surface area contributed by atoms with Gasteiger partial charge in [-0.15, -0.1) is 11.3 Å². The van der Waals surface area contributed by atoms with E-state index in [1.165, 1.54) is 11.3 Å². The van der Waals surface area contributed by atoms with Crippen LogP contribution in [0.5, 0.6) is 0 Å². The van der Waals surface area contributed by atoms with Gasteiger partial charge in [-0.1, -0.05) is 24.3 Å². The van der Waals surface area contributed by atoms with Crippen molar-refractivity contribution in [3.63, 3.8) is 0 Å².